The van der Waals surface area contributed by atoms with Crippen molar-refractivity contribution < 1.29 is 9.53 Å². The molecular weight excluding hydrogens is 177 g/mol. The van der Waals surface area contributed by atoms with Crippen LogP contribution in [0, 0.1) is 0 Å². The topological polar surface area (TPSA) is 38.7 Å². The van der Waals surface area contributed by atoms with Crippen LogP contribution in [0.2, 0.25) is 0 Å². The molecule has 0 aliphatic carbocycles. The molecule has 0 saturated carbocycles. The average molecular weight is 184 g/mol. The Kier molecular flexibility index (Phi) is 5.35. The molecule has 0 N–H and O–H groups in total. The van der Waals surface area contributed by atoms with Crippen molar-refractivity contribution in [2.24, 2.45) is 4.99 Å². The highest BCUT2D eigenvalue weighted by Gasteiger charge is 1.97. The molecule has 0 unspecified atom stereocenters. The fourth-order valence-corrected chi connectivity index (χ4v) is 0.450. The summed E-state index contributed by atoms with van der Waals surface area (Å²) < 4.78 is 4.37. The molecule has 58 valence electrons. The van der Waals surface area contributed by atoms with Gasteiger partial charge in [0.25, 0.3) is 0 Å². The van der Waals surface area contributed by atoms with Crippen LogP contribution in [0.3, 0.4) is 0 Å². The minimum Gasteiger partial charge on any atom is -0.465 e. The molecule has 0 saturated heterocycles. The SMILES string of the molecule is CCOC(=O)CN=C(Cl)Cl. The second-order valence-corrected chi connectivity index (χ2v) is 2.27. The zero-order valence-corrected chi connectivity index (χ0v) is 6.95. The first kappa shape index (κ1) is 9.72. The van der Waals surface area contributed by atoms with Crippen LogP contribution in [0.4, 0.5) is 0 Å². The summed E-state index contributed by atoms with van der Waals surface area (Å²) >= 11 is 10.3. The van der Waals surface area contributed by atoms with Crippen molar-refractivity contribution in [2.45, 2.75) is 6.92 Å². The zero-order chi connectivity index (χ0) is 7.98. The molecule has 3 nitrogen and oxygen atoms in total. The highest BCUT2D eigenvalue weighted by Crippen LogP contribution is 1.91. The number of hydrogen-bond donors (Lipinski definition) is 0. The Morgan fingerprint density at radius 2 is 2.20 bits per heavy atom. The molecule has 0 spiro atoms. The fourth-order valence-electron chi connectivity index (χ4n) is 0.331. The van der Waals surface area contributed by atoms with E-state index in [-0.39, 0.29) is 11.2 Å². The van der Waals surface area contributed by atoms with Crippen molar-refractivity contribution >= 4 is 33.8 Å². The lowest BCUT2D eigenvalue weighted by molar-refractivity contribution is -0.141. The maximum Gasteiger partial charge on any atom is 0.327 e. The molecular formula is C5H7Cl2NO2. The molecule has 0 amide bonds. The van der Waals surface area contributed by atoms with Crippen LogP contribution in [0.15, 0.2) is 4.99 Å². The Morgan fingerprint density at radius 3 is 2.60 bits per heavy atom. The van der Waals surface area contributed by atoms with Gasteiger partial charge in [0.1, 0.15) is 6.54 Å². The molecule has 0 aliphatic heterocycles. The Balaban J connectivity index is 3.49. The van der Waals surface area contributed by atoms with Crippen LogP contribution in [0.1, 0.15) is 6.92 Å². The number of carbonyl (C=O) groups is 1. The first-order valence-electron chi connectivity index (χ1n) is 2.68. The van der Waals surface area contributed by atoms with Gasteiger partial charge in [0.15, 0.2) is 4.63 Å². The van der Waals surface area contributed by atoms with Gasteiger partial charge in [-0.05, 0) is 30.1 Å². The van der Waals surface area contributed by atoms with Gasteiger partial charge in [0.05, 0.1) is 6.61 Å². The highest BCUT2D eigenvalue weighted by molar-refractivity contribution is 6.95. The highest BCUT2D eigenvalue weighted by atomic mass is 35.5. The number of esters is 1. The van der Waals surface area contributed by atoms with Crippen LogP contribution in [-0.4, -0.2) is 23.8 Å². The molecule has 0 bridgehead atoms. The van der Waals surface area contributed by atoms with Crippen molar-refractivity contribution in [1.82, 2.24) is 0 Å². The summed E-state index contributed by atoms with van der Waals surface area (Å²) in [5.41, 5.74) is 0. The number of halogens is 2. The fraction of sp³-hybridized carbons (Fsp3) is 0.600. The molecule has 0 fully saturated rings. The van der Waals surface area contributed by atoms with E-state index in [0.717, 1.165) is 0 Å². The van der Waals surface area contributed by atoms with Crippen LogP contribution >= 0.6 is 23.2 Å². The summed E-state index contributed by atoms with van der Waals surface area (Å²) in [6.45, 7) is 1.94. The smallest absolute Gasteiger partial charge is 0.327 e. The predicted octanol–water partition coefficient (Wildman–Crippen LogP) is 1.38. The van der Waals surface area contributed by atoms with E-state index in [0.29, 0.717) is 6.61 Å². The van der Waals surface area contributed by atoms with Crippen molar-refractivity contribution in [1.29, 1.82) is 0 Å². The van der Waals surface area contributed by atoms with E-state index >= 15 is 0 Å². The summed E-state index contributed by atoms with van der Waals surface area (Å²) in [5.74, 6) is -0.429. The summed E-state index contributed by atoms with van der Waals surface area (Å²) in [6.07, 6.45) is 0. The largest absolute Gasteiger partial charge is 0.465 e. The van der Waals surface area contributed by atoms with Gasteiger partial charge in [-0.1, -0.05) is 0 Å². The molecule has 5 heteroatoms. The minimum absolute atomic E-state index is 0.115. The molecule has 0 rings (SSSR count). The average Bonchev–Trinajstić information content (AvgIpc) is 1.85. The van der Waals surface area contributed by atoms with E-state index in [1.807, 2.05) is 0 Å². The van der Waals surface area contributed by atoms with Gasteiger partial charge < -0.3 is 4.74 Å². The Hall–Kier alpha value is -0.280. The van der Waals surface area contributed by atoms with Crippen molar-refractivity contribution in [3.05, 3.63) is 0 Å². The Labute approximate surface area is 69.0 Å². The second-order valence-electron chi connectivity index (χ2n) is 1.36. The van der Waals surface area contributed by atoms with Gasteiger partial charge in [0, 0.05) is 0 Å². The zero-order valence-electron chi connectivity index (χ0n) is 5.43. The number of hydrogen-bond acceptors (Lipinski definition) is 3. The lowest BCUT2D eigenvalue weighted by Crippen LogP contribution is -2.07. The molecule has 10 heavy (non-hydrogen) atoms. The predicted molar refractivity (Wildman–Crippen MR) is 40.6 cm³/mol. The third kappa shape index (κ3) is 5.85. The molecule has 0 aromatic rings. The van der Waals surface area contributed by atoms with E-state index in [1.54, 1.807) is 6.92 Å². The van der Waals surface area contributed by atoms with Crippen LogP contribution in [-0.2, 0) is 9.53 Å². The van der Waals surface area contributed by atoms with E-state index < -0.39 is 5.97 Å². The van der Waals surface area contributed by atoms with E-state index in [1.165, 1.54) is 0 Å². The summed E-state index contributed by atoms with van der Waals surface area (Å²) in [7, 11) is 0. The normalized spacial score (nSPS) is 8.70. The second kappa shape index (κ2) is 5.50. The van der Waals surface area contributed by atoms with E-state index in [4.69, 9.17) is 23.2 Å². The van der Waals surface area contributed by atoms with E-state index in [9.17, 15) is 4.79 Å². The summed E-state index contributed by atoms with van der Waals surface area (Å²) in [4.78, 5) is 13.9. The molecule has 0 aromatic heterocycles. The number of aliphatic imine (C=N–C) groups is 1. The van der Waals surface area contributed by atoms with Crippen LogP contribution < -0.4 is 0 Å². The van der Waals surface area contributed by atoms with Gasteiger partial charge in [-0.15, -0.1) is 0 Å². The molecule has 0 heterocycles. The molecule has 0 atom stereocenters. The van der Waals surface area contributed by atoms with E-state index in [2.05, 4.69) is 9.73 Å². The van der Waals surface area contributed by atoms with Gasteiger partial charge in [-0.3, -0.25) is 9.79 Å². The van der Waals surface area contributed by atoms with Gasteiger partial charge in [-0.25, -0.2) is 0 Å². The lowest BCUT2D eigenvalue weighted by atomic mass is 10.7. The lowest BCUT2D eigenvalue weighted by Gasteiger charge is -1.95. The maximum absolute atomic E-state index is 10.5. The molecule has 0 radical (unpaired) electrons. The molecule has 0 aromatic carbocycles. The Morgan fingerprint density at radius 1 is 1.60 bits per heavy atom. The van der Waals surface area contributed by atoms with Gasteiger partial charge in [-0.2, -0.15) is 0 Å². The van der Waals surface area contributed by atoms with Gasteiger partial charge in [0.2, 0.25) is 0 Å². The number of carbonyl (C=O) groups excluding carboxylic acids is 1. The van der Waals surface area contributed by atoms with Crippen LogP contribution in [0.5, 0.6) is 0 Å². The first-order valence-corrected chi connectivity index (χ1v) is 3.43. The monoisotopic (exact) mass is 183 g/mol. The number of rotatable bonds is 3. The third-order valence-corrected chi connectivity index (χ3v) is 0.872. The maximum atomic E-state index is 10.5. The number of nitrogens with zero attached hydrogens (tertiary/aromatic N) is 1. The van der Waals surface area contributed by atoms with Crippen LogP contribution in [0.25, 0.3) is 0 Å². The summed E-state index contributed by atoms with van der Waals surface area (Å²) in [5, 5.41) is 0. The van der Waals surface area contributed by atoms with Gasteiger partial charge >= 0.3 is 5.97 Å². The first-order chi connectivity index (χ1) is 4.66. The quantitative estimate of drug-likeness (QED) is 0.490. The van der Waals surface area contributed by atoms with Crippen molar-refractivity contribution in [2.75, 3.05) is 13.2 Å². The van der Waals surface area contributed by atoms with Crippen molar-refractivity contribution in [3.8, 4) is 0 Å². The summed E-state index contributed by atoms with van der Waals surface area (Å²) in [6, 6.07) is 0. The third-order valence-electron chi connectivity index (χ3n) is 0.633. The Bertz CT molecular complexity index is 143. The standard InChI is InChI=1S/C5H7Cl2NO2/c1-2-10-4(9)3-8-5(6)7/h2-3H2,1H3. The number of ether oxygens (including phenoxy) is 1. The van der Waals surface area contributed by atoms with Crippen molar-refractivity contribution in [3.63, 3.8) is 0 Å². The minimum atomic E-state index is -0.429. The molecule has 0 aliphatic rings.